The molecule has 0 saturated heterocycles. The molecule has 1 aromatic carbocycles. The summed E-state index contributed by atoms with van der Waals surface area (Å²) in [6.07, 6.45) is 1.83. The molecule has 16 heavy (non-hydrogen) atoms. The number of benzene rings is 1. The van der Waals surface area contributed by atoms with Gasteiger partial charge in [0.1, 0.15) is 5.82 Å². The lowest BCUT2D eigenvalue weighted by molar-refractivity contribution is 0.636. The van der Waals surface area contributed by atoms with Crippen LogP contribution >= 0.6 is 11.6 Å². The van der Waals surface area contributed by atoms with Gasteiger partial charge in [0.2, 0.25) is 0 Å². The largest absolute Gasteiger partial charge is 0.330 e. The number of aryl methyl sites for hydroxylation is 2. The monoisotopic (exact) mass is 237 g/mol. The van der Waals surface area contributed by atoms with Crippen LogP contribution in [0.5, 0.6) is 0 Å². The van der Waals surface area contributed by atoms with Crippen molar-refractivity contribution < 1.29 is 0 Å². The highest BCUT2D eigenvalue weighted by Crippen LogP contribution is 2.23. The molecule has 2 rings (SSSR count). The van der Waals surface area contributed by atoms with Crippen LogP contribution in [0, 0.1) is 0 Å². The van der Waals surface area contributed by atoms with E-state index in [1.54, 1.807) is 0 Å². The summed E-state index contributed by atoms with van der Waals surface area (Å²) in [7, 11) is 2.00. The van der Waals surface area contributed by atoms with E-state index in [0.717, 1.165) is 34.7 Å². The number of imidazole rings is 1. The Bertz CT molecular complexity index is 502. The van der Waals surface area contributed by atoms with Crippen LogP contribution in [0.2, 0.25) is 5.02 Å². The number of aromatic nitrogens is 2. The quantitative estimate of drug-likeness (QED) is 0.892. The molecule has 1 unspecified atom stereocenters. The van der Waals surface area contributed by atoms with Crippen molar-refractivity contribution in [1.29, 1.82) is 0 Å². The van der Waals surface area contributed by atoms with Gasteiger partial charge in [-0.15, -0.1) is 0 Å². The summed E-state index contributed by atoms with van der Waals surface area (Å²) in [6, 6.07) is 6.00. The topological polar surface area (TPSA) is 43.8 Å². The lowest BCUT2D eigenvalue weighted by atomic mass is 10.2. The molecule has 0 aliphatic heterocycles. The second-order valence-corrected chi connectivity index (χ2v) is 4.62. The molecule has 4 heteroatoms. The third kappa shape index (κ3) is 2.06. The Morgan fingerprint density at radius 1 is 1.50 bits per heavy atom. The molecule has 1 aromatic heterocycles. The molecule has 0 fully saturated rings. The predicted octanol–water partition coefficient (Wildman–Crippen LogP) is 2.51. The van der Waals surface area contributed by atoms with Crippen LogP contribution in [0.4, 0.5) is 0 Å². The third-order valence-electron chi connectivity index (χ3n) is 2.76. The first-order valence-electron chi connectivity index (χ1n) is 5.45. The molecule has 3 nitrogen and oxygen atoms in total. The van der Waals surface area contributed by atoms with Gasteiger partial charge in [-0.05, 0) is 25.5 Å². The van der Waals surface area contributed by atoms with Crippen LogP contribution in [0.25, 0.3) is 11.0 Å². The standard InChI is InChI=1S/C12H16ClN3/c1-8(14)6-7-11-15-10-5-3-4-9(13)12(10)16(11)2/h3-5,8H,6-7,14H2,1-2H3. The van der Waals surface area contributed by atoms with Crippen LogP contribution < -0.4 is 5.73 Å². The van der Waals surface area contributed by atoms with Crippen molar-refractivity contribution in [3.05, 3.63) is 29.0 Å². The summed E-state index contributed by atoms with van der Waals surface area (Å²) in [6.45, 7) is 2.01. The number of hydrogen-bond donors (Lipinski definition) is 1. The summed E-state index contributed by atoms with van der Waals surface area (Å²) < 4.78 is 2.06. The van der Waals surface area contributed by atoms with Gasteiger partial charge in [0, 0.05) is 19.5 Å². The third-order valence-corrected chi connectivity index (χ3v) is 3.07. The highest BCUT2D eigenvalue weighted by Gasteiger charge is 2.10. The fourth-order valence-corrected chi connectivity index (χ4v) is 2.15. The summed E-state index contributed by atoms with van der Waals surface area (Å²) in [4.78, 5) is 4.57. The first-order valence-corrected chi connectivity index (χ1v) is 5.83. The number of rotatable bonds is 3. The highest BCUT2D eigenvalue weighted by atomic mass is 35.5. The van der Waals surface area contributed by atoms with E-state index >= 15 is 0 Å². The molecule has 2 N–H and O–H groups in total. The van der Waals surface area contributed by atoms with Gasteiger partial charge in [-0.3, -0.25) is 0 Å². The van der Waals surface area contributed by atoms with Crippen LogP contribution in [0.15, 0.2) is 18.2 Å². The van der Waals surface area contributed by atoms with E-state index in [4.69, 9.17) is 17.3 Å². The van der Waals surface area contributed by atoms with Crippen molar-refractivity contribution in [2.45, 2.75) is 25.8 Å². The first kappa shape index (κ1) is 11.4. The van der Waals surface area contributed by atoms with Gasteiger partial charge in [-0.1, -0.05) is 17.7 Å². The summed E-state index contributed by atoms with van der Waals surface area (Å²) in [5.41, 5.74) is 7.71. The van der Waals surface area contributed by atoms with Gasteiger partial charge in [-0.25, -0.2) is 4.98 Å². The number of nitrogens with zero attached hydrogens (tertiary/aromatic N) is 2. The van der Waals surface area contributed by atoms with Crippen molar-refractivity contribution >= 4 is 22.6 Å². The smallest absolute Gasteiger partial charge is 0.109 e. The van der Waals surface area contributed by atoms with Gasteiger partial charge in [-0.2, -0.15) is 0 Å². The maximum absolute atomic E-state index is 6.15. The van der Waals surface area contributed by atoms with E-state index in [-0.39, 0.29) is 6.04 Å². The molecule has 0 spiro atoms. The van der Waals surface area contributed by atoms with Crippen LogP contribution in [-0.4, -0.2) is 15.6 Å². The molecule has 86 valence electrons. The Kier molecular flexibility index (Phi) is 3.17. The number of fused-ring (bicyclic) bond motifs is 1. The fourth-order valence-electron chi connectivity index (χ4n) is 1.85. The van der Waals surface area contributed by atoms with Crippen molar-refractivity contribution in [3.63, 3.8) is 0 Å². The van der Waals surface area contributed by atoms with Crippen LogP contribution in [0.3, 0.4) is 0 Å². The van der Waals surface area contributed by atoms with Gasteiger partial charge < -0.3 is 10.3 Å². The molecule has 0 saturated carbocycles. The van der Waals surface area contributed by atoms with Gasteiger partial charge in [0.25, 0.3) is 0 Å². The van der Waals surface area contributed by atoms with Gasteiger partial charge >= 0.3 is 0 Å². The van der Waals surface area contributed by atoms with E-state index in [9.17, 15) is 0 Å². The Morgan fingerprint density at radius 3 is 2.88 bits per heavy atom. The SMILES string of the molecule is CC(N)CCc1nc2cccc(Cl)c2n1C. The van der Waals surface area contributed by atoms with Crippen molar-refractivity contribution in [2.75, 3.05) is 0 Å². The lowest BCUT2D eigenvalue weighted by Crippen LogP contribution is -2.16. The second kappa shape index (κ2) is 4.44. The Balaban J connectivity index is 2.40. The number of nitrogens with two attached hydrogens (primary N) is 1. The zero-order chi connectivity index (χ0) is 11.7. The molecule has 1 atom stereocenters. The van der Waals surface area contributed by atoms with Crippen molar-refractivity contribution in [3.8, 4) is 0 Å². The van der Waals surface area contributed by atoms with E-state index in [1.165, 1.54) is 0 Å². The summed E-state index contributed by atoms with van der Waals surface area (Å²) >= 11 is 6.15. The van der Waals surface area contributed by atoms with Gasteiger partial charge in [0.05, 0.1) is 16.1 Å². The Morgan fingerprint density at radius 2 is 2.25 bits per heavy atom. The highest BCUT2D eigenvalue weighted by molar-refractivity contribution is 6.35. The Labute approximate surface area is 100 Å². The van der Waals surface area contributed by atoms with Crippen molar-refractivity contribution in [2.24, 2.45) is 12.8 Å². The molecule has 0 amide bonds. The normalized spacial score (nSPS) is 13.2. The van der Waals surface area contributed by atoms with E-state index in [1.807, 2.05) is 32.2 Å². The average molecular weight is 238 g/mol. The molecular formula is C12H16ClN3. The summed E-state index contributed by atoms with van der Waals surface area (Å²) in [5.74, 6) is 1.04. The fraction of sp³-hybridized carbons (Fsp3) is 0.417. The minimum Gasteiger partial charge on any atom is -0.330 e. The zero-order valence-corrected chi connectivity index (χ0v) is 10.3. The minimum atomic E-state index is 0.204. The number of hydrogen-bond acceptors (Lipinski definition) is 2. The number of para-hydroxylation sites is 1. The average Bonchev–Trinajstić information content (AvgIpc) is 2.54. The van der Waals surface area contributed by atoms with Crippen molar-refractivity contribution in [1.82, 2.24) is 9.55 Å². The van der Waals surface area contributed by atoms with E-state index < -0.39 is 0 Å². The van der Waals surface area contributed by atoms with E-state index in [0.29, 0.717) is 0 Å². The minimum absolute atomic E-state index is 0.204. The molecule has 0 aliphatic rings. The second-order valence-electron chi connectivity index (χ2n) is 4.21. The Hall–Kier alpha value is -1.06. The lowest BCUT2D eigenvalue weighted by Gasteiger charge is -2.05. The molecule has 1 heterocycles. The zero-order valence-electron chi connectivity index (χ0n) is 9.57. The molecule has 0 radical (unpaired) electrons. The van der Waals surface area contributed by atoms with E-state index in [2.05, 4.69) is 9.55 Å². The molecular weight excluding hydrogens is 222 g/mol. The van der Waals surface area contributed by atoms with Crippen LogP contribution in [-0.2, 0) is 13.5 Å². The van der Waals surface area contributed by atoms with Crippen LogP contribution in [0.1, 0.15) is 19.2 Å². The number of halogens is 1. The maximum atomic E-state index is 6.15. The van der Waals surface area contributed by atoms with Gasteiger partial charge in [0.15, 0.2) is 0 Å². The maximum Gasteiger partial charge on any atom is 0.109 e. The molecule has 2 aromatic rings. The molecule has 0 bridgehead atoms. The predicted molar refractivity (Wildman–Crippen MR) is 67.7 cm³/mol. The molecule has 0 aliphatic carbocycles. The summed E-state index contributed by atoms with van der Waals surface area (Å²) in [5, 5.41) is 0.750. The first-order chi connectivity index (χ1) is 7.59.